The van der Waals surface area contributed by atoms with E-state index in [9.17, 15) is 0 Å². The summed E-state index contributed by atoms with van der Waals surface area (Å²) in [4.78, 5) is 0. The Labute approximate surface area is 167 Å². The van der Waals surface area contributed by atoms with Gasteiger partial charge in [0, 0.05) is 11.0 Å². The second kappa shape index (κ2) is 8.07. The fourth-order valence-corrected chi connectivity index (χ4v) is 4.93. The zero-order valence-corrected chi connectivity index (χ0v) is 18.8. The number of benzene rings is 2. The third-order valence-corrected chi connectivity index (χ3v) is 6.64. The Morgan fingerprint density at radius 3 is 2.07 bits per heavy atom. The Kier molecular flexibility index (Phi) is 5.97. The molecular formula is C26H34Si. The van der Waals surface area contributed by atoms with Crippen molar-refractivity contribution in [2.24, 2.45) is 0 Å². The molecule has 0 amide bonds. The molecule has 0 fully saturated rings. The van der Waals surface area contributed by atoms with Gasteiger partial charge in [-0.2, -0.15) is 0 Å². The van der Waals surface area contributed by atoms with Crippen LogP contribution in [0.1, 0.15) is 69.1 Å². The number of unbranched alkanes of at least 4 members (excludes halogenated alkanes) is 2. The molecule has 0 saturated heterocycles. The quantitative estimate of drug-likeness (QED) is 0.361. The highest BCUT2D eigenvalue weighted by Crippen LogP contribution is 2.54. The molecule has 0 saturated carbocycles. The van der Waals surface area contributed by atoms with Crippen molar-refractivity contribution in [1.29, 1.82) is 0 Å². The molecule has 0 nitrogen and oxygen atoms in total. The van der Waals surface area contributed by atoms with E-state index in [-0.39, 0.29) is 5.41 Å². The van der Waals surface area contributed by atoms with Gasteiger partial charge in [0.25, 0.3) is 0 Å². The minimum Gasteiger partial charge on any atom is -0.127 e. The first kappa shape index (κ1) is 20.0. The third-order valence-electron chi connectivity index (χ3n) is 5.76. The van der Waals surface area contributed by atoms with E-state index >= 15 is 0 Å². The second-order valence-corrected chi connectivity index (χ2v) is 13.8. The molecule has 3 rings (SSSR count). The van der Waals surface area contributed by atoms with Crippen LogP contribution < -0.4 is 0 Å². The lowest BCUT2D eigenvalue weighted by molar-refractivity contribution is 0.414. The topological polar surface area (TPSA) is 0 Å². The summed E-state index contributed by atoms with van der Waals surface area (Å²) in [5.41, 5.74) is 10.9. The Morgan fingerprint density at radius 1 is 0.815 bits per heavy atom. The summed E-state index contributed by atoms with van der Waals surface area (Å²) in [6.07, 6.45) is 7.56. The zero-order valence-electron chi connectivity index (χ0n) is 17.8. The minimum atomic E-state index is -1.37. The first-order valence-corrected chi connectivity index (χ1v) is 14.2. The molecule has 1 aliphatic rings. The summed E-state index contributed by atoms with van der Waals surface area (Å²) in [5, 5.41) is 0. The van der Waals surface area contributed by atoms with Crippen LogP contribution in [0.4, 0.5) is 0 Å². The van der Waals surface area contributed by atoms with Crippen molar-refractivity contribution in [3.63, 3.8) is 0 Å². The van der Waals surface area contributed by atoms with Crippen LogP contribution in [0.15, 0.2) is 42.5 Å². The van der Waals surface area contributed by atoms with Gasteiger partial charge >= 0.3 is 0 Å². The SMILES string of the molecule is CCCCC1(CCCC)c2ccccc2-c2ccc(C#C[Si](C)(C)C)cc21. The van der Waals surface area contributed by atoms with Gasteiger partial charge in [0.05, 0.1) is 0 Å². The highest BCUT2D eigenvalue weighted by Gasteiger charge is 2.41. The summed E-state index contributed by atoms with van der Waals surface area (Å²) in [7, 11) is -1.37. The van der Waals surface area contributed by atoms with Crippen molar-refractivity contribution in [2.45, 2.75) is 77.4 Å². The molecule has 0 radical (unpaired) electrons. The second-order valence-electron chi connectivity index (χ2n) is 9.10. The van der Waals surface area contributed by atoms with Crippen LogP contribution in [0.5, 0.6) is 0 Å². The molecule has 0 aromatic heterocycles. The Bertz CT molecular complexity index is 850. The summed E-state index contributed by atoms with van der Waals surface area (Å²) >= 11 is 0. The lowest BCUT2D eigenvalue weighted by Crippen LogP contribution is -2.25. The first-order valence-electron chi connectivity index (χ1n) is 10.7. The minimum absolute atomic E-state index is 0.175. The normalized spacial score (nSPS) is 14.3. The highest BCUT2D eigenvalue weighted by molar-refractivity contribution is 6.83. The monoisotopic (exact) mass is 374 g/mol. The molecule has 0 heterocycles. The summed E-state index contributed by atoms with van der Waals surface area (Å²) < 4.78 is 0. The molecule has 1 aliphatic carbocycles. The van der Waals surface area contributed by atoms with Crippen LogP contribution in [-0.2, 0) is 5.41 Å². The molecule has 1 heteroatoms. The average molecular weight is 375 g/mol. The molecule has 142 valence electrons. The fraction of sp³-hybridized carbons (Fsp3) is 0.462. The smallest absolute Gasteiger partial charge is 0.127 e. The van der Waals surface area contributed by atoms with Gasteiger partial charge in [0.15, 0.2) is 0 Å². The molecule has 0 N–H and O–H groups in total. The lowest BCUT2D eigenvalue weighted by Gasteiger charge is -2.32. The molecule has 2 aromatic carbocycles. The van der Waals surface area contributed by atoms with Gasteiger partial charge in [-0.15, -0.1) is 5.54 Å². The molecule has 0 bridgehead atoms. The summed E-state index contributed by atoms with van der Waals surface area (Å²) in [6.45, 7) is 11.6. The number of fused-ring (bicyclic) bond motifs is 3. The largest absolute Gasteiger partial charge is 0.129 e. The van der Waals surface area contributed by atoms with E-state index in [2.05, 4.69) is 87.4 Å². The van der Waals surface area contributed by atoms with Crippen molar-refractivity contribution in [3.8, 4) is 22.6 Å². The summed E-state index contributed by atoms with van der Waals surface area (Å²) in [5.74, 6) is 3.50. The maximum Gasteiger partial charge on any atom is 0.129 e. The predicted octanol–water partition coefficient (Wildman–Crippen LogP) is 7.56. The van der Waals surface area contributed by atoms with Gasteiger partial charge in [-0.25, -0.2) is 0 Å². The fourth-order valence-electron chi connectivity index (χ4n) is 4.41. The van der Waals surface area contributed by atoms with Gasteiger partial charge in [0.1, 0.15) is 8.07 Å². The van der Waals surface area contributed by atoms with Crippen molar-refractivity contribution in [2.75, 3.05) is 0 Å². The highest BCUT2D eigenvalue weighted by atomic mass is 28.3. The van der Waals surface area contributed by atoms with Crippen LogP contribution in [-0.4, -0.2) is 8.07 Å². The van der Waals surface area contributed by atoms with Gasteiger partial charge in [-0.05, 0) is 47.2 Å². The van der Waals surface area contributed by atoms with Crippen LogP contribution >= 0.6 is 0 Å². The lowest BCUT2D eigenvalue weighted by atomic mass is 9.70. The molecule has 2 aromatic rings. The molecule has 0 aliphatic heterocycles. The number of hydrogen-bond donors (Lipinski definition) is 0. The average Bonchev–Trinajstić information content (AvgIpc) is 2.92. The standard InChI is InChI=1S/C26H34Si/c1-6-8-17-26(18-9-7-2)24-13-11-10-12-22(24)23-15-14-21(20-25(23)26)16-19-27(3,4)5/h10-15,20H,6-9,17-18H2,1-5H3. The maximum atomic E-state index is 3.55. The number of rotatable bonds is 6. The van der Waals surface area contributed by atoms with Crippen molar-refractivity contribution in [1.82, 2.24) is 0 Å². The summed E-state index contributed by atoms with van der Waals surface area (Å²) in [6, 6.07) is 16.1. The molecular weight excluding hydrogens is 340 g/mol. The first-order chi connectivity index (χ1) is 12.9. The van der Waals surface area contributed by atoms with Crippen molar-refractivity contribution in [3.05, 3.63) is 59.2 Å². The van der Waals surface area contributed by atoms with Crippen LogP contribution in [0.25, 0.3) is 11.1 Å². The van der Waals surface area contributed by atoms with E-state index in [4.69, 9.17) is 0 Å². The van der Waals surface area contributed by atoms with Gasteiger partial charge in [-0.1, -0.05) is 95.4 Å². The van der Waals surface area contributed by atoms with Crippen LogP contribution in [0.3, 0.4) is 0 Å². The van der Waals surface area contributed by atoms with Crippen LogP contribution in [0, 0.1) is 11.5 Å². The molecule has 0 atom stereocenters. The Balaban J connectivity index is 2.16. The van der Waals surface area contributed by atoms with E-state index in [0.717, 1.165) is 0 Å². The van der Waals surface area contributed by atoms with E-state index in [0.29, 0.717) is 0 Å². The molecule has 27 heavy (non-hydrogen) atoms. The predicted molar refractivity (Wildman–Crippen MR) is 122 cm³/mol. The molecule has 0 unspecified atom stereocenters. The van der Waals surface area contributed by atoms with Crippen molar-refractivity contribution >= 4 is 8.07 Å². The van der Waals surface area contributed by atoms with E-state index < -0.39 is 8.07 Å². The van der Waals surface area contributed by atoms with E-state index in [1.54, 1.807) is 5.56 Å². The number of hydrogen-bond acceptors (Lipinski definition) is 0. The third kappa shape index (κ3) is 4.07. The van der Waals surface area contributed by atoms with Gasteiger partial charge < -0.3 is 0 Å². The Hall–Kier alpha value is -1.78. The van der Waals surface area contributed by atoms with Gasteiger partial charge in [0.2, 0.25) is 0 Å². The van der Waals surface area contributed by atoms with E-state index in [1.165, 1.54) is 60.8 Å². The van der Waals surface area contributed by atoms with Gasteiger partial charge in [-0.3, -0.25) is 0 Å². The zero-order chi connectivity index (χ0) is 19.5. The Morgan fingerprint density at radius 2 is 1.44 bits per heavy atom. The van der Waals surface area contributed by atoms with Crippen LogP contribution in [0.2, 0.25) is 19.6 Å². The van der Waals surface area contributed by atoms with E-state index in [1.807, 2.05) is 0 Å². The molecule has 0 spiro atoms. The van der Waals surface area contributed by atoms with Crippen molar-refractivity contribution < 1.29 is 0 Å². The maximum absolute atomic E-state index is 3.55.